The Labute approximate surface area is 123 Å². The summed E-state index contributed by atoms with van der Waals surface area (Å²) in [6, 6.07) is 11.1. The van der Waals surface area contributed by atoms with Crippen LogP contribution in [0.1, 0.15) is 18.2 Å². The van der Waals surface area contributed by atoms with Crippen molar-refractivity contribution in [2.45, 2.75) is 25.8 Å². The molecule has 2 rings (SSSR count). The first kappa shape index (κ1) is 14.3. The molecule has 1 aromatic heterocycles. The van der Waals surface area contributed by atoms with Crippen LogP contribution in [-0.2, 0) is 19.9 Å². The summed E-state index contributed by atoms with van der Waals surface area (Å²) in [7, 11) is 1.95. The van der Waals surface area contributed by atoms with Crippen LogP contribution in [0.2, 0.25) is 0 Å². The lowest BCUT2D eigenvalue weighted by Crippen LogP contribution is -2.30. The SMILES string of the molecule is CC(Cc1ccc(Br)cc1)NCCc1ccn(C)n1. The Morgan fingerprint density at radius 2 is 2.00 bits per heavy atom. The fourth-order valence-electron chi connectivity index (χ4n) is 2.09. The van der Waals surface area contributed by atoms with E-state index in [1.54, 1.807) is 0 Å². The maximum atomic E-state index is 4.37. The summed E-state index contributed by atoms with van der Waals surface area (Å²) < 4.78 is 2.98. The van der Waals surface area contributed by atoms with Crippen molar-refractivity contribution in [1.29, 1.82) is 0 Å². The predicted octanol–water partition coefficient (Wildman–Crippen LogP) is 2.95. The maximum Gasteiger partial charge on any atom is 0.0637 e. The lowest BCUT2D eigenvalue weighted by molar-refractivity contribution is 0.544. The zero-order valence-electron chi connectivity index (χ0n) is 11.4. The Hall–Kier alpha value is -1.13. The highest BCUT2D eigenvalue weighted by Gasteiger charge is 2.03. The average molecular weight is 322 g/mol. The Morgan fingerprint density at radius 1 is 1.26 bits per heavy atom. The number of nitrogens with zero attached hydrogens (tertiary/aromatic N) is 2. The number of aromatic nitrogens is 2. The molecule has 0 fully saturated rings. The monoisotopic (exact) mass is 321 g/mol. The van der Waals surface area contributed by atoms with Crippen LogP contribution in [0, 0.1) is 0 Å². The molecule has 0 radical (unpaired) electrons. The summed E-state index contributed by atoms with van der Waals surface area (Å²) in [5, 5.41) is 7.92. The topological polar surface area (TPSA) is 29.9 Å². The van der Waals surface area contributed by atoms with Gasteiger partial charge >= 0.3 is 0 Å². The summed E-state index contributed by atoms with van der Waals surface area (Å²) in [6.45, 7) is 3.19. The van der Waals surface area contributed by atoms with Crippen molar-refractivity contribution < 1.29 is 0 Å². The first-order valence-corrected chi connectivity index (χ1v) is 7.39. The minimum absolute atomic E-state index is 0.477. The molecular formula is C15H20BrN3. The van der Waals surface area contributed by atoms with Crippen LogP contribution in [0.25, 0.3) is 0 Å². The second-order valence-corrected chi connectivity index (χ2v) is 5.83. The van der Waals surface area contributed by atoms with Gasteiger partial charge in [0.05, 0.1) is 5.69 Å². The summed E-state index contributed by atoms with van der Waals surface area (Å²) in [5.41, 5.74) is 2.51. The van der Waals surface area contributed by atoms with Crippen molar-refractivity contribution in [3.63, 3.8) is 0 Å². The maximum absolute atomic E-state index is 4.37. The van der Waals surface area contributed by atoms with Crippen molar-refractivity contribution in [2.75, 3.05) is 6.54 Å². The van der Waals surface area contributed by atoms with Gasteiger partial charge in [0.2, 0.25) is 0 Å². The van der Waals surface area contributed by atoms with Gasteiger partial charge in [0, 0.05) is 36.7 Å². The quantitative estimate of drug-likeness (QED) is 0.886. The minimum atomic E-state index is 0.477. The van der Waals surface area contributed by atoms with Crippen molar-refractivity contribution in [3.8, 4) is 0 Å². The smallest absolute Gasteiger partial charge is 0.0637 e. The normalized spacial score (nSPS) is 12.6. The van der Waals surface area contributed by atoms with Crippen molar-refractivity contribution in [3.05, 3.63) is 52.3 Å². The second-order valence-electron chi connectivity index (χ2n) is 4.92. The van der Waals surface area contributed by atoms with Gasteiger partial charge < -0.3 is 5.32 Å². The van der Waals surface area contributed by atoms with Crippen LogP contribution < -0.4 is 5.32 Å². The number of rotatable bonds is 6. The molecule has 1 N–H and O–H groups in total. The molecule has 0 spiro atoms. The van der Waals surface area contributed by atoms with Crippen LogP contribution in [0.3, 0.4) is 0 Å². The van der Waals surface area contributed by atoms with Crippen LogP contribution in [0.5, 0.6) is 0 Å². The Bertz CT molecular complexity index is 504. The van der Waals surface area contributed by atoms with Crippen molar-refractivity contribution in [1.82, 2.24) is 15.1 Å². The molecule has 1 atom stereocenters. The highest BCUT2D eigenvalue weighted by molar-refractivity contribution is 9.10. The molecule has 0 aliphatic heterocycles. The summed E-state index contributed by atoms with van der Waals surface area (Å²) in [4.78, 5) is 0. The van der Waals surface area contributed by atoms with Gasteiger partial charge in [0.15, 0.2) is 0 Å². The van der Waals surface area contributed by atoms with Crippen molar-refractivity contribution >= 4 is 15.9 Å². The molecule has 102 valence electrons. The molecule has 3 nitrogen and oxygen atoms in total. The third-order valence-electron chi connectivity index (χ3n) is 3.10. The molecule has 0 aliphatic carbocycles. The van der Waals surface area contributed by atoms with E-state index in [0.29, 0.717) is 6.04 Å². The third-order valence-corrected chi connectivity index (χ3v) is 3.63. The average Bonchev–Trinajstić information content (AvgIpc) is 2.78. The number of hydrogen-bond donors (Lipinski definition) is 1. The number of hydrogen-bond acceptors (Lipinski definition) is 2. The van der Waals surface area contributed by atoms with E-state index < -0.39 is 0 Å². The largest absolute Gasteiger partial charge is 0.314 e. The van der Waals surface area contributed by atoms with Gasteiger partial charge in [-0.2, -0.15) is 5.10 Å². The summed E-state index contributed by atoms with van der Waals surface area (Å²) >= 11 is 3.46. The first-order valence-electron chi connectivity index (χ1n) is 6.60. The zero-order valence-corrected chi connectivity index (χ0v) is 13.0. The second kappa shape index (κ2) is 6.87. The standard InChI is InChI=1S/C15H20BrN3/c1-12(11-13-3-5-14(16)6-4-13)17-9-7-15-8-10-19(2)18-15/h3-6,8,10,12,17H,7,9,11H2,1-2H3. The van der Waals surface area contributed by atoms with Gasteiger partial charge in [-0.1, -0.05) is 28.1 Å². The molecule has 2 aromatic rings. The van der Waals surface area contributed by atoms with E-state index in [1.165, 1.54) is 5.56 Å². The van der Waals surface area contributed by atoms with E-state index in [2.05, 4.69) is 63.6 Å². The molecule has 19 heavy (non-hydrogen) atoms. The molecule has 0 bridgehead atoms. The van der Waals surface area contributed by atoms with E-state index in [9.17, 15) is 0 Å². The van der Waals surface area contributed by atoms with Gasteiger partial charge in [-0.25, -0.2) is 0 Å². The highest BCUT2D eigenvalue weighted by atomic mass is 79.9. The number of nitrogens with one attached hydrogen (secondary N) is 1. The molecule has 0 saturated heterocycles. The molecule has 1 unspecified atom stereocenters. The fraction of sp³-hybridized carbons (Fsp3) is 0.400. The summed E-state index contributed by atoms with van der Waals surface area (Å²) in [5.74, 6) is 0. The molecular weight excluding hydrogens is 302 g/mol. The number of aryl methyl sites for hydroxylation is 1. The summed E-state index contributed by atoms with van der Waals surface area (Å²) in [6.07, 6.45) is 4.02. The fourth-order valence-corrected chi connectivity index (χ4v) is 2.35. The lowest BCUT2D eigenvalue weighted by Gasteiger charge is -2.13. The molecule has 1 aromatic carbocycles. The van der Waals surface area contributed by atoms with Crippen LogP contribution in [0.15, 0.2) is 41.0 Å². The van der Waals surface area contributed by atoms with E-state index >= 15 is 0 Å². The Morgan fingerprint density at radius 3 is 2.63 bits per heavy atom. The lowest BCUT2D eigenvalue weighted by atomic mass is 10.1. The minimum Gasteiger partial charge on any atom is -0.314 e. The highest BCUT2D eigenvalue weighted by Crippen LogP contribution is 2.11. The van der Waals surface area contributed by atoms with Crippen LogP contribution in [0.4, 0.5) is 0 Å². The van der Waals surface area contributed by atoms with Gasteiger partial charge in [0.25, 0.3) is 0 Å². The first-order chi connectivity index (χ1) is 9.13. The molecule has 0 amide bonds. The van der Waals surface area contributed by atoms with Gasteiger partial charge in [-0.15, -0.1) is 0 Å². The Kier molecular flexibility index (Phi) is 5.16. The van der Waals surface area contributed by atoms with Crippen LogP contribution >= 0.6 is 15.9 Å². The molecule has 0 aliphatic rings. The third kappa shape index (κ3) is 4.80. The van der Waals surface area contributed by atoms with E-state index in [-0.39, 0.29) is 0 Å². The predicted molar refractivity (Wildman–Crippen MR) is 82.2 cm³/mol. The zero-order chi connectivity index (χ0) is 13.7. The molecule has 1 heterocycles. The Balaban J connectivity index is 1.72. The van der Waals surface area contributed by atoms with E-state index in [0.717, 1.165) is 29.6 Å². The van der Waals surface area contributed by atoms with E-state index in [4.69, 9.17) is 0 Å². The van der Waals surface area contributed by atoms with Gasteiger partial charge in [-0.3, -0.25) is 4.68 Å². The van der Waals surface area contributed by atoms with E-state index in [1.807, 2.05) is 17.9 Å². The number of halogens is 1. The van der Waals surface area contributed by atoms with Gasteiger partial charge in [0.1, 0.15) is 0 Å². The van der Waals surface area contributed by atoms with Crippen molar-refractivity contribution in [2.24, 2.45) is 7.05 Å². The molecule has 4 heteroatoms. The molecule has 0 saturated carbocycles. The van der Waals surface area contributed by atoms with Gasteiger partial charge in [-0.05, 0) is 37.1 Å². The number of benzene rings is 1. The van der Waals surface area contributed by atoms with Crippen LogP contribution in [-0.4, -0.2) is 22.4 Å².